The van der Waals surface area contributed by atoms with Gasteiger partial charge in [-0.05, 0) is 61.1 Å². The monoisotopic (exact) mass is 452 g/mol. The second-order valence-electron chi connectivity index (χ2n) is 8.21. The molecular formula is C25H28N2O4S. The Hall–Kier alpha value is -2.61. The van der Waals surface area contributed by atoms with E-state index in [4.69, 9.17) is 13.9 Å². The fourth-order valence-electron chi connectivity index (χ4n) is 4.73. The van der Waals surface area contributed by atoms with E-state index in [1.807, 2.05) is 12.1 Å². The van der Waals surface area contributed by atoms with Crippen molar-refractivity contribution in [2.75, 3.05) is 38.7 Å². The van der Waals surface area contributed by atoms with E-state index in [1.54, 1.807) is 30.6 Å². The van der Waals surface area contributed by atoms with E-state index in [1.165, 1.54) is 40.7 Å². The molecule has 1 saturated heterocycles. The Kier molecular flexibility index (Phi) is 6.30. The number of furan rings is 1. The largest absolute Gasteiger partial charge is 0.497 e. The van der Waals surface area contributed by atoms with Crippen molar-refractivity contribution < 1.29 is 18.7 Å². The zero-order chi connectivity index (χ0) is 21.9. The number of hydrogen-bond donors (Lipinski definition) is 1. The Morgan fingerprint density at radius 3 is 2.62 bits per heavy atom. The van der Waals surface area contributed by atoms with Crippen molar-refractivity contribution in [1.82, 2.24) is 4.90 Å². The third-order valence-corrected chi connectivity index (χ3v) is 7.52. The summed E-state index contributed by atoms with van der Waals surface area (Å²) < 4.78 is 16.4. The van der Waals surface area contributed by atoms with Crippen LogP contribution >= 0.6 is 11.3 Å². The highest BCUT2D eigenvalue weighted by molar-refractivity contribution is 7.16. The number of benzene rings is 1. The number of thiophene rings is 1. The standard InChI is InChI=1S/C25H28N2O4S/c1-29-18-10-8-17(9-11-18)23(27-12-15-30-16-13-27)22-19-5-2-3-7-21(19)32-25(22)26-24(28)20-6-4-14-31-20/h4,6,8-11,14,23H,2-3,5,7,12-13,15-16H2,1H3,(H,26,28)/t23-/m0/s1. The SMILES string of the molecule is COc1ccc([C@@H](c2c(NC(=O)c3ccco3)sc3c2CCCC3)N2CCOCC2)cc1. The van der Waals surface area contributed by atoms with E-state index < -0.39 is 0 Å². The van der Waals surface area contributed by atoms with Crippen LogP contribution < -0.4 is 10.1 Å². The zero-order valence-corrected chi connectivity index (χ0v) is 19.1. The van der Waals surface area contributed by atoms with Crippen LogP contribution in [0.5, 0.6) is 5.75 Å². The van der Waals surface area contributed by atoms with Crippen LogP contribution in [0, 0.1) is 0 Å². The van der Waals surface area contributed by atoms with Crippen molar-refractivity contribution in [3.8, 4) is 5.75 Å². The van der Waals surface area contributed by atoms with Gasteiger partial charge in [-0.3, -0.25) is 9.69 Å². The molecule has 0 radical (unpaired) electrons. The smallest absolute Gasteiger partial charge is 0.291 e. The van der Waals surface area contributed by atoms with Gasteiger partial charge >= 0.3 is 0 Å². The maximum Gasteiger partial charge on any atom is 0.291 e. The third-order valence-electron chi connectivity index (χ3n) is 6.30. The van der Waals surface area contributed by atoms with Crippen molar-refractivity contribution >= 4 is 22.2 Å². The number of fused-ring (bicyclic) bond motifs is 1. The number of carbonyl (C=O) groups excluding carboxylic acids is 1. The van der Waals surface area contributed by atoms with Gasteiger partial charge in [-0.25, -0.2) is 0 Å². The Bertz CT molecular complexity index is 1050. The maximum atomic E-state index is 12.9. The normalized spacial score (nSPS) is 17.5. The first-order valence-corrected chi connectivity index (χ1v) is 12.0. The first kappa shape index (κ1) is 21.2. The molecule has 6 nitrogen and oxygen atoms in total. The molecule has 168 valence electrons. The summed E-state index contributed by atoms with van der Waals surface area (Å²) >= 11 is 1.73. The maximum absolute atomic E-state index is 12.9. The molecule has 0 bridgehead atoms. The molecule has 1 N–H and O–H groups in total. The van der Waals surface area contributed by atoms with Gasteiger partial charge in [0, 0.05) is 23.5 Å². The first-order valence-electron chi connectivity index (χ1n) is 11.2. The van der Waals surface area contributed by atoms with Gasteiger partial charge in [0.1, 0.15) is 10.8 Å². The summed E-state index contributed by atoms with van der Waals surface area (Å²) in [5.74, 6) is 0.966. The minimum Gasteiger partial charge on any atom is -0.497 e. The predicted octanol–water partition coefficient (Wildman–Crippen LogP) is 4.90. The van der Waals surface area contributed by atoms with Crippen molar-refractivity contribution in [3.63, 3.8) is 0 Å². The summed E-state index contributed by atoms with van der Waals surface area (Å²) in [6.07, 6.45) is 6.03. The van der Waals surface area contributed by atoms with Crippen LogP contribution in [0.2, 0.25) is 0 Å². The number of rotatable bonds is 6. The number of morpholine rings is 1. The summed E-state index contributed by atoms with van der Waals surface area (Å²) in [7, 11) is 1.69. The highest BCUT2D eigenvalue weighted by Crippen LogP contribution is 2.46. The molecule has 5 rings (SSSR count). The molecule has 32 heavy (non-hydrogen) atoms. The second-order valence-corrected chi connectivity index (χ2v) is 9.31. The number of hydrogen-bond acceptors (Lipinski definition) is 6. The number of methoxy groups -OCH3 is 1. The van der Waals surface area contributed by atoms with E-state index in [0.29, 0.717) is 19.0 Å². The van der Waals surface area contributed by atoms with Gasteiger partial charge < -0.3 is 19.2 Å². The molecule has 2 aliphatic rings. The van der Waals surface area contributed by atoms with Gasteiger partial charge in [0.25, 0.3) is 5.91 Å². The van der Waals surface area contributed by atoms with E-state index >= 15 is 0 Å². The van der Waals surface area contributed by atoms with Crippen LogP contribution in [0.1, 0.15) is 51.0 Å². The molecule has 1 atom stereocenters. The Morgan fingerprint density at radius 2 is 1.91 bits per heavy atom. The van der Waals surface area contributed by atoms with Gasteiger partial charge in [-0.2, -0.15) is 0 Å². The van der Waals surface area contributed by atoms with Crippen molar-refractivity contribution in [3.05, 3.63) is 70.0 Å². The van der Waals surface area contributed by atoms with Gasteiger partial charge in [-0.1, -0.05) is 12.1 Å². The quantitative estimate of drug-likeness (QED) is 0.576. The summed E-state index contributed by atoms with van der Waals surface area (Å²) in [4.78, 5) is 16.8. The number of aryl methyl sites for hydroxylation is 1. The number of ether oxygens (including phenoxy) is 2. The average molecular weight is 453 g/mol. The van der Waals surface area contributed by atoms with Crippen LogP contribution in [0.3, 0.4) is 0 Å². The van der Waals surface area contributed by atoms with Crippen LogP contribution in [-0.2, 0) is 17.6 Å². The minimum absolute atomic E-state index is 0.0507. The Labute approximate surface area is 192 Å². The molecule has 0 saturated carbocycles. The molecule has 7 heteroatoms. The van der Waals surface area contributed by atoms with Crippen LogP contribution in [0.4, 0.5) is 5.00 Å². The van der Waals surface area contributed by atoms with Crippen LogP contribution in [0.25, 0.3) is 0 Å². The average Bonchev–Trinajstić information content (AvgIpc) is 3.50. The molecular weight excluding hydrogens is 424 g/mol. The Morgan fingerprint density at radius 1 is 1.12 bits per heavy atom. The van der Waals surface area contributed by atoms with Gasteiger partial charge in [0.2, 0.25) is 0 Å². The second kappa shape index (κ2) is 9.48. The summed E-state index contributed by atoms with van der Waals surface area (Å²) in [5.41, 5.74) is 3.84. The molecule has 0 spiro atoms. The highest BCUT2D eigenvalue weighted by atomic mass is 32.1. The van der Waals surface area contributed by atoms with Gasteiger partial charge in [0.05, 0.1) is 32.6 Å². The molecule has 3 aromatic rings. The lowest BCUT2D eigenvalue weighted by atomic mass is 9.88. The molecule has 3 heterocycles. The van der Waals surface area contributed by atoms with Gasteiger partial charge in [0.15, 0.2) is 5.76 Å². The van der Waals surface area contributed by atoms with Crippen molar-refractivity contribution in [2.24, 2.45) is 0 Å². The molecule has 0 unspecified atom stereocenters. The van der Waals surface area contributed by atoms with Gasteiger partial charge in [-0.15, -0.1) is 11.3 Å². The van der Waals surface area contributed by atoms with Crippen molar-refractivity contribution in [2.45, 2.75) is 31.7 Å². The molecule has 2 aromatic heterocycles. The lowest BCUT2D eigenvalue weighted by molar-refractivity contribution is 0.0239. The molecule has 1 fully saturated rings. The predicted molar refractivity (Wildman–Crippen MR) is 125 cm³/mol. The molecule has 1 aromatic carbocycles. The number of nitrogens with zero attached hydrogens (tertiary/aromatic N) is 1. The summed E-state index contributed by atoms with van der Waals surface area (Å²) in [6, 6.07) is 11.8. The third kappa shape index (κ3) is 4.20. The van der Waals surface area contributed by atoms with Crippen LogP contribution in [-0.4, -0.2) is 44.2 Å². The number of amides is 1. The zero-order valence-electron chi connectivity index (χ0n) is 18.3. The van der Waals surface area contributed by atoms with E-state index in [0.717, 1.165) is 36.7 Å². The first-order chi connectivity index (χ1) is 15.7. The van der Waals surface area contributed by atoms with E-state index in [9.17, 15) is 4.79 Å². The number of carbonyl (C=O) groups is 1. The summed E-state index contributed by atoms with van der Waals surface area (Å²) in [6.45, 7) is 3.14. The number of nitrogens with one attached hydrogen (secondary N) is 1. The summed E-state index contributed by atoms with van der Waals surface area (Å²) in [5, 5.41) is 4.12. The van der Waals surface area contributed by atoms with Crippen molar-refractivity contribution in [1.29, 1.82) is 0 Å². The molecule has 1 amide bonds. The highest BCUT2D eigenvalue weighted by Gasteiger charge is 2.33. The molecule has 1 aliphatic heterocycles. The van der Waals surface area contributed by atoms with E-state index in [2.05, 4.69) is 22.3 Å². The lowest BCUT2D eigenvalue weighted by Crippen LogP contribution is -2.40. The minimum atomic E-state index is -0.203. The fraction of sp³-hybridized carbons (Fsp3) is 0.400. The fourth-order valence-corrected chi connectivity index (χ4v) is 6.04. The lowest BCUT2D eigenvalue weighted by Gasteiger charge is -2.36. The van der Waals surface area contributed by atoms with E-state index in [-0.39, 0.29) is 11.9 Å². The number of anilines is 1. The topological polar surface area (TPSA) is 63.9 Å². The molecule has 1 aliphatic carbocycles. The Balaban J connectivity index is 1.60. The van der Waals surface area contributed by atoms with Crippen LogP contribution in [0.15, 0.2) is 47.1 Å².